The van der Waals surface area contributed by atoms with Crippen LogP contribution in [0.3, 0.4) is 0 Å². The Morgan fingerprint density at radius 1 is 1.06 bits per heavy atom. The highest BCUT2D eigenvalue weighted by Crippen LogP contribution is 2.43. The van der Waals surface area contributed by atoms with Crippen LogP contribution < -0.4 is 27.0 Å². The molecule has 0 unspecified atom stereocenters. The zero-order valence-corrected chi connectivity index (χ0v) is 28.6. The highest BCUT2D eigenvalue weighted by atomic mass is 16.5. The van der Waals surface area contributed by atoms with Crippen molar-refractivity contribution >= 4 is 35.2 Å². The van der Waals surface area contributed by atoms with Gasteiger partial charge in [0.05, 0.1) is 18.2 Å². The number of nitrogens with two attached hydrogens (primary N) is 1. The van der Waals surface area contributed by atoms with Crippen molar-refractivity contribution in [3.8, 4) is 0 Å². The first kappa shape index (κ1) is 39.6. The molecule has 0 bridgehead atoms. The maximum Gasteiger partial charge on any atom is 0.326 e. The number of benzene rings is 1. The molecule has 0 aliphatic carbocycles. The molecule has 0 fully saturated rings. The second kappa shape index (κ2) is 18.7. The molecule has 1 aliphatic heterocycles. The van der Waals surface area contributed by atoms with E-state index in [0.29, 0.717) is 12.0 Å². The average molecular weight is 662 g/mol. The largest absolute Gasteiger partial charge is 0.451 e. The number of aliphatic hydroxyl groups excluding tert-OH is 1. The smallest absolute Gasteiger partial charge is 0.326 e. The fourth-order valence-corrected chi connectivity index (χ4v) is 5.78. The molecule has 264 valence electrons. The number of Topliss-reactive ketones (excluding diaryl/α,β-unsaturated/α-hetero) is 1. The number of nitrogens with one attached hydrogen (secondary N) is 4. The maximum absolute atomic E-state index is 13.3. The summed E-state index contributed by atoms with van der Waals surface area (Å²) in [6.45, 7) is 9.71. The van der Waals surface area contributed by atoms with E-state index in [1.54, 1.807) is 20.8 Å². The van der Waals surface area contributed by atoms with Crippen LogP contribution in [0.25, 0.3) is 0 Å². The molecule has 1 aliphatic rings. The molecule has 0 spiro atoms. The first-order valence-electron chi connectivity index (χ1n) is 16.7. The monoisotopic (exact) mass is 661 g/mol. The highest BCUT2D eigenvalue weighted by Gasteiger charge is 2.44. The summed E-state index contributed by atoms with van der Waals surface area (Å²) in [6.07, 6.45) is 0.775. The molecule has 8 N–H and O–H groups in total. The number of anilines is 1. The number of hydrogen-bond acceptors (Lipinski definition) is 10. The Morgan fingerprint density at radius 3 is 2.36 bits per heavy atom. The summed E-state index contributed by atoms with van der Waals surface area (Å²) in [7, 11) is 0. The third-order valence-corrected chi connectivity index (χ3v) is 8.61. The van der Waals surface area contributed by atoms with Gasteiger partial charge in [-0.05, 0) is 45.1 Å². The van der Waals surface area contributed by atoms with Crippen LogP contribution >= 0.6 is 0 Å². The summed E-state index contributed by atoms with van der Waals surface area (Å²) in [5, 5.41) is 32.8. The number of ketones is 1. The lowest BCUT2D eigenvalue weighted by molar-refractivity contribution is -0.158. The van der Waals surface area contributed by atoms with Gasteiger partial charge in [0.1, 0.15) is 12.1 Å². The summed E-state index contributed by atoms with van der Waals surface area (Å²) < 4.78 is 5.45. The van der Waals surface area contributed by atoms with Crippen molar-refractivity contribution in [2.75, 3.05) is 18.4 Å². The number of carbonyl (C=O) groups excluding carboxylic acids is 5. The quantitative estimate of drug-likeness (QED) is 0.0794. The Labute approximate surface area is 278 Å². The van der Waals surface area contributed by atoms with Crippen LogP contribution in [0, 0.1) is 11.8 Å². The van der Waals surface area contributed by atoms with Gasteiger partial charge in [0.2, 0.25) is 11.8 Å². The lowest BCUT2D eigenvalue weighted by atomic mass is 9.82. The summed E-state index contributed by atoms with van der Waals surface area (Å²) in [6, 6.07) is 5.53. The van der Waals surface area contributed by atoms with E-state index in [1.807, 2.05) is 38.1 Å². The van der Waals surface area contributed by atoms with Gasteiger partial charge in [0.15, 0.2) is 11.9 Å². The third kappa shape index (κ3) is 11.9. The topological polar surface area (TPSA) is 209 Å². The molecular formula is C34H55N5O8. The van der Waals surface area contributed by atoms with Crippen LogP contribution in [0.4, 0.5) is 5.69 Å². The van der Waals surface area contributed by atoms with Crippen molar-refractivity contribution < 1.29 is 38.9 Å². The summed E-state index contributed by atoms with van der Waals surface area (Å²) in [5.74, 6) is -3.73. The van der Waals surface area contributed by atoms with Gasteiger partial charge in [-0.1, -0.05) is 65.2 Å². The number of ether oxygens (including phenoxy) is 1. The van der Waals surface area contributed by atoms with E-state index < -0.39 is 72.0 Å². The molecule has 47 heavy (non-hydrogen) atoms. The Kier molecular flexibility index (Phi) is 15.8. The van der Waals surface area contributed by atoms with Gasteiger partial charge in [-0.2, -0.15) is 0 Å². The fraction of sp³-hybridized carbons (Fsp3) is 0.676. The van der Waals surface area contributed by atoms with E-state index in [2.05, 4.69) is 21.3 Å². The minimum Gasteiger partial charge on any atom is -0.451 e. The molecule has 3 amide bonds. The van der Waals surface area contributed by atoms with Crippen molar-refractivity contribution in [3.05, 3.63) is 29.8 Å². The Bertz CT molecular complexity index is 1230. The zero-order chi connectivity index (χ0) is 35.3. The SMILES string of the molecule is CCCCC[C@H](NC(=O)C[C@@H](C[C@@H](O)CN)NC(=O)[C@@H](OC(=O)CNC(=O)[C@@H](C)C[C@@]1(O)c2ccccc2N[C@H]1C)C(C)C)C(C)=O. The van der Waals surface area contributed by atoms with Crippen molar-refractivity contribution in [1.29, 1.82) is 0 Å². The van der Waals surface area contributed by atoms with Crippen LogP contribution in [-0.2, 0) is 34.3 Å². The van der Waals surface area contributed by atoms with E-state index in [-0.39, 0.29) is 37.6 Å². The number of rotatable bonds is 20. The fourth-order valence-electron chi connectivity index (χ4n) is 5.78. The number of fused-ring (bicyclic) bond motifs is 1. The summed E-state index contributed by atoms with van der Waals surface area (Å²) in [4.78, 5) is 63.9. The van der Waals surface area contributed by atoms with Crippen LogP contribution in [-0.4, -0.2) is 83.1 Å². The van der Waals surface area contributed by atoms with E-state index in [0.717, 1.165) is 24.9 Å². The zero-order valence-electron chi connectivity index (χ0n) is 28.6. The molecule has 2 rings (SSSR count). The van der Waals surface area contributed by atoms with Crippen molar-refractivity contribution in [2.24, 2.45) is 17.6 Å². The summed E-state index contributed by atoms with van der Waals surface area (Å²) in [5.41, 5.74) is 5.81. The van der Waals surface area contributed by atoms with Crippen LogP contribution in [0.2, 0.25) is 0 Å². The predicted molar refractivity (Wildman–Crippen MR) is 178 cm³/mol. The first-order valence-corrected chi connectivity index (χ1v) is 16.7. The van der Waals surface area contributed by atoms with Crippen molar-refractivity contribution in [3.63, 3.8) is 0 Å². The Balaban J connectivity index is 1.98. The maximum atomic E-state index is 13.3. The van der Waals surface area contributed by atoms with Gasteiger partial charge in [-0.15, -0.1) is 0 Å². The first-order chi connectivity index (χ1) is 22.1. The standard InChI is InChI=1S/C34H55N5O8/c1-7-8-9-13-27(22(5)40)39-29(42)16-24(15-25(41)18-35)38-33(45)31(20(2)3)47-30(43)19-36-32(44)21(4)17-34(46)23(6)37-28-14-11-10-12-26(28)34/h10-12,14,20-21,23-25,27,31,37,41,46H,7-9,13,15-19,35H2,1-6H3,(H,36,44)(H,38,45)(H,39,42)/t21-,23-,24+,25+,27-,31-,34-/m0/s1. The average Bonchev–Trinajstić information content (AvgIpc) is 3.26. The Hall–Kier alpha value is -3.55. The van der Waals surface area contributed by atoms with Gasteiger partial charge in [-0.3, -0.25) is 24.0 Å². The van der Waals surface area contributed by atoms with Gasteiger partial charge in [-0.25, -0.2) is 0 Å². The van der Waals surface area contributed by atoms with Crippen molar-refractivity contribution in [1.82, 2.24) is 16.0 Å². The molecule has 0 aromatic heterocycles. The molecule has 0 saturated heterocycles. The van der Waals surface area contributed by atoms with Gasteiger partial charge >= 0.3 is 5.97 Å². The molecule has 13 nitrogen and oxygen atoms in total. The van der Waals surface area contributed by atoms with Crippen LogP contribution in [0.5, 0.6) is 0 Å². The second-order valence-electron chi connectivity index (χ2n) is 13.1. The number of amides is 3. The molecular weight excluding hydrogens is 606 g/mol. The minimum atomic E-state index is -1.28. The van der Waals surface area contributed by atoms with E-state index >= 15 is 0 Å². The van der Waals surface area contributed by atoms with Crippen LogP contribution in [0.1, 0.15) is 92.1 Å². The lowest BCUT2D eigenvalue weighted by Gasteiger charge is -2.30. The molecule has 7 atom stereocenters. The third-order valence-electron chi connectivity index (χ3n) is 8.61. The minimum absolute atomic E-state index is 0.0338. The van der Waals surface area contributed by atoms with Gasteiger partial charge in [0, 0.05) is 36.2 Å². The molecule has 0 saturated carbocycles. The number of unbranched alkanes of at least 4 members (excludes halogenated alkanes) is 2. The van der Waals surface area contributed by atoms with E-state index in [4.69, 9.17) is 10.5 Å². The molecule has 0 radical (unpaired) electrons. The number of para-hydroxylation sites is 1. The molecule has 1 heterocycles. The summed E-state index contributed by atoms with van der Waals surface area (Å²) >= 11 is 0. The second-order valence-corrected chi connectivity index (χ2v) is 13.1. The van der Waals surface area contributed by atoms with E-state index in [9.17, 15) is 34.2 Å². The highest BCUT2D eigenvalue weighted by molar-refractivity contribution is 5.89. The Morgan fingerprint density at radius 2 is 1.74 bits per heavy atom. The van der Waals surface area contributed by atoms with Gasteiger partial charge < -0.3 is 42.0 Å². The lowest BCUT2D eigenvalue weighted by Crippen LogP contribution is -2.50. The number of hydrogen-bond donors (Lipinski definition) is 7. The van der Waals surface area contributed by atoms with Crippen LogP contribution in [0.15, 0.2) is 24.3 Å². The molecule has 1 aromatic carbocycles. The molecule has 1 aromatic rings. The number of carbonyl (C=O) groups is 5. The molecule has 13 heteroatoms. The normalized spacial score (nSPS) is 20.2. The number of esters is 1. The van der Waals surface area contributed by atoms with Gasteiger partial charge in [0.25, 0.3) is 5.91 Å². The van der Waals surface area contributed by atoms with Crippen molar-refractivity contribution in [2.45, 2.75) is 122 Å². The predicted octanol–water partition coefficient (Wildman–Crippen LogP) is 1.64. The number of aliphatic hydroxyl groups is 2. The van der Waals surface area contributed by atoms with E-state index in [1.165, 1.54) is 6.92 Å².